The molecule has 1 atom stereocenters. The number of carbonyl (C=O) groups is 1. The Bertz CT molecular complexity index is 433. The van der Waals surface area contributed by atoms with E-state index >= 15 is 0 Å². The van der Waals surface area contributed by atoms with Crippen LogP contribution in [0.4, 0.5) is 5.69 Å². The number of benzene rings is 1. The highest BCUT2D eigenvalue weighted by Crippen LogP contribution is 2.29. The van der Waals surface area contributed by atoms with Gasteiger partial charge in [0.15, 0.2) is 0 Å². The summed E-state index contributed by atoms with van der Waals surface area (Å²) in [5.41, 5.74) is 3.72. The van der Waals surface area contributed by atoms with Crippen LogP contribution in [-0.2, 0) is 4.79 Å². The molecular formula is C15H19NO. The Kier molecular flexibility index (Phi) is 3.62. The van der Waals surface area contributed by atoms with Gasteiger partial charge in [0.1, 0.15) is 0 Å². The lowest BCUT2D eigenvalue weighted by Gasteiger charge is -2.23. The standard InChI is InChI=1S/C15H19NO/c1-11-8-9-13(10-12(11)2)15(17)16-14-6-4-3-5-7-14/h3-7,13H,8-10H2,1-2H3,(H,16,17)/t13-/m1/s1. The predicted molar refractivity (Wildman–Crippen MR) is 70.8 cm³/mol. The Morgan fingerprint density at radius 3 is 2.53 bits per heavy atom. The number of para-hydroxylation sites is 1. The molecule has 0 fully saturated rings. The highest BCUT2D eigenvalue weighted by atomic mass is 16.1. The van der Waals surface area contributed by atoms with E-state index in [2.05, 4.69) is 19.2 Å². The predicted octanol–water partition coefficient (Wildman–Crippen LogP) is 3.76. The van der Waals surface area contributed by atoms with E-state index in [4.69, 9.17) is 0 Å². The van der Waals surface area contributed by atoms with Crippen molar-refractivity contribution in [3.05, 3.63) is 41.5 Å². The molecule has 1 aromatic rings. The number of anilines is 1. The lowest BCUT2D eigenvalue weighted by molar-refractivity contribution is -0.120. The Hall–Kier alpha value is -1.57. The summed E-state index contributed by atoms with van der Waals surface area (Å²) in [6, 6.07) is 9.67. The van der Waals surface area contributed by atoms with Crippen LogP contribution < -0.4 is 5.32 Å². The molecule has 90 valence electrons. The zero-order valence-electron chi connectivity index (χ0n) is 10.5. The molecule has 2 heteroatoms. The van der Waals surface area contributed by atoms with Crippen LogP contribution in [0.1, 0.15) is 33.1 Å². The number of rotatable bonds is 2. The average Bonchev–Trinajstić information content (AvgIpc) is 2.34. The van der Waals surface area contributed by atoms with Gasteiger partial charge in [0, 0.05) is 11.6 Å². The maximum absolute atomic E-state index is 12.1. The second-order valence-corrected chi connectivity index (χ2v) is 4.86. The minimum absolute atomic E-state index is 0.138. The van der Waals surface area contributed by atoms with Crippen molar-refractivity contribution in [1.82, 2.24) is 0 Å². The summed E-state index contributed by atoms with van der Waals surface area (Å²) in [6.07, 6.45) is 2.94. The average molecular weight is 229 g/mol. The van der Waals surface area contributed by atoms with Gasteiger partial charge in [-0.15, -0.1) is 0 Å². The Balaban J connectivity index is 1.98. The molecule has 17 heavy (non-hydrogen) atoms. The van der Waals surface area contributed by atoms with Gasteiger partial charge in [-0.25, -0.2) is 0 Å². The fourth-order valence-electron chi connectivity index (χ4n) is 2.24. The van der Waals surface area contributed by atoms with E-state index in [-0.39, 0.29) is 11.8 Å². The maximum atomic E-state index is 12.1. The minimum Gasteiger partial charge on any atom is -0.326 e. The van der Waals surface area contributed by atoms with Crippen LogP contribution in [-0.4, -0.2) is 5.91 Å². The van der Waals surface area contributed by atoms with Gasteiger partial charge in [-0.05, 0) is 45.2 Å². The van der Waals surface area contributed by atoms with Gasteiger partial charge in [0.05, 0.1) is 0 Å². The van der Waals surface area contributed by atoms with Gasteiger partial charge >= 0.3 is 0 Å². The highest BCUT2D eigenvalue weighted by Gasteiger charge is 2.23. The van der Waals surface area contributed by atoms with Crippen molar-refractivity contribution in [1.29, 1.82) is 0 Å². The molecule has 1 aliphatic carbocycles. The first-order chi connectivity index (χ1) is 8.16. The first kappa shape index (κ1) is 11.9. The molecule has 1 N–H and O–H groups in total. The number of hydrogen-bond donors (Lipinski definition) is 1. The Morgan fingerprint density at radius 1 is 1.18 bits per heavy atom. The third-order valence-corrected chi connectivity index (χ3v) is 3.56. The van der Waals surface area contributed by atoms with E-state index in [1.165, 1.54) is 11.1 Å². The lowest BCUT2D eigenvalue weighted by Crippen LogP contribution is -2.25. The van der Waals surface area contributed by atoms with Crippen LogP contribution in [0.15, 0.2) is 41.5 Å². The van der Waals surface area contributed by atoms with E-state index < -0.39 is 0 Å². The molecule has 0 saturated heterocycles. The quantitative estimate of drug-likeness (QED) is 0.769. The van der Waals surface area contributed by atoms with Crippen molar-refractivity contribution in [3.63, 3.8) is 0 Å². The summed E-state index contributed by atoms with van der Waals surface area (Å²) >= 11 is 0. The molecule has 0 heterocycles. The van der Waals surface area contributed by atoms with E-state index in [1.807, 2.05) is 30.3 Å². The van der Waals surface area contributed by atoms with Crippen molar-refractivity contribution in [2.45, 2.75) is 33.1 Å². The lowest BCUT2D eigenvalue weighted by atomic mass is 9.84. The summed E-state index contributed by atoms with van der Waals surface area (Å²) < 4.78 is 0. The van der Waals surface area contributed by atoms with E-state index in [9.17, 15) is 4.79 Å². The number of hydrogen-bond acceptors (Lipinski definition) is 1. The van der Waals surface area contributed by atoms with Gasteiger partial charge in [-0.3, -0.25) is 4.79 Å². The molecule has 0 bridgehead atoms. The van der Waals surface area contributed by atoms with E-state index in [0.29, 0.717) is 0 Å². The fourth-order valence-corrected chi connectivity index (χ4v) is 2.24. The SMILES string of the molecule is CC1=C(C)C[C@H](C(=O)Nc2ccccc2)CC1. The van der Waals surface area contributed by atoms with Crippen LogP contribution in [0, 0.1) is 5.92 Å². The molecule has 0 aromatic heterocycles. The normalized spacial score (nSPS) is 20.2. The molecule has 0 radical (unpaired) electrons. The summed E-state index contributed by atoms with van der Waals surface area (Å²) in [6.45, 7) is 4.30. The van der Waals surface area contributed by atoms with Crippen LogP contribution in [0.3, 0.4) is 0 Å². The summed E-state index contributed by atoms with van der Waals surface area (Å²) in [5, 5.41) is 2.99. The molecule has 2 rings (SSSR count). The van der Waals surface area contributed by atoms with Gasteiger partial charge in [-0.1, -0.05) is 29.3 Å². The van der Waals surface area contributed by atoms with Crippen LogP contribution in [0.2, 0.25) is 0 Å². The minimum atomic E-state index is 0.138. The summed E-state index contributed by atoms with van der Waals surface area (Å²) in [4.78, 5) is 12.1. The molecule has 1 aromatic carbocycles. The van der Waals surface area contributed by atoms with Gasteiger partial charge in [0.2, 0.25) is 5.91 Å². The largest absolute Gasteiger partial charge is 0.326 e. The Morgan fingerprint density at radius 2 is 1.88 bits per heavy atom. The number of amides is 1. The molecule has 1 amide bonds. The topological polar surface area (TPSA) is 29.1 Å². The molecule has 2 nitrogen and oxygen atoms in total. The third kappa shape index (κ3) is 2.96. The van der Waals surface area contributed by atoms with Crippen molar-refractivity contribution in [2.75, 3.05) is 5.32 Å². The summed E-state index contributed by atoms with van der Waals surface area (Å²) in [7, 11) is 0. The molecule has 1 aliphatic rings. The second-order valence-electron chi connectivity index (χ2n) is 4.86. The molecule has 0 aliphatic heterocycles. The van der Waals surface area contributed by atoms with Crippen LogP contribution in [0.25, 0.3) is 0 Å². The molecule has 0 unspecified atom stereocenters. The van der Waals surface area contributed by atoms with Crippen LogP contribution in [0.5, 0.6) is 0 Å². The summed E-state index contributed by atoms with van der Waals surface area (Å²) in [5.74, 6) is 0.293. The Labute approximate surface area is 103 Å². The molecular weight excluding hydrogens is 210 g/mol. The number of nitrogens with one attached hydrogen (secondary N) is 1. The number of allylic oxidation sites excluding steroid dienone is 2. The van der Waals surface area contributed by atoms with Crippen molar-refractivity contribution in [3.8, 4) is 0 Å². The van der Waals surface area contributed by atoms with Crippen molar-refractivity contribution < 1.29 is 4.79 Å². The smallest absolute Gasteiger partial charge is 0.227 e. The monoisotopic (exact) mass is 229 g/mol. The van der Waals surface area contributed by atoms with Crippen LogP contribution >= 0.6 is 0 Å². The molecule has 0 spiro atoms. The number of carbonyl (C=O) groups excluding carboxylic acids is 1. The van der Waals surface area contributed by atoms with Gasteiger partial charge in [-0.2, -0.15) is 0 Å². The zero-order chi connectivity index (χ0) is 12.3. The first-order valence-corrected chi connectivity index (χ1v) is 6.18. The molecule has 0 saturated carbocycles. The van der Waals surface area contributed by atoms with Crippen molar-refractivity contribution >= 4 is 11.6 Å². The third-order valence-electron chi connectivity index (χ3n) is 3.56. The zero-order valence-corrected chi connectivity index (χ0v) is 10.5. The van der Waals surface area contributed by atoms with Gasteiger partial charge < -0.3 is 5.32 Å². The second kappa shape index (κ2) is 5.17. The first-order valence-electron chi connectivity index (χ1n) is 6.18. The van der Waals surface area contributed by atoms with Gasteiger partial charge in [0.25, 0.3) is 0 Å². The highest BCUT2D eigenvalue weighted by molar-refractivity contribution is 5.92. The van der Waals surface area contributed by atoms with E-state index in [0.717, 1.165) is 24.9 Å². The maximum Gasteiger partial charge on any atom is 0.227 e. The fraction of sp³-hybridized carbons (Fsp3) is 0.400. The van der Waals surface area contributed by atoms with Crippen molar-refractivity contribution in [2.24, 2.45) is 5.92 Å². The van der Waals surface area contributed by atoms with E-state index in [1.54, 1.807) is 0 Å².